The molecule has 1 fully saturated rings. The lowest BCUT2D eigenvalue weighted by Gasteiger charge is -2.22. The van der Waals surface area contributed by atoms with Crippen molar-refractivity contribution in [2.24, 2.45) is 5.92 Å². The minimum atomic E-state index is 0. The molecule has 1 aromatic heterocycles. The fraction of sp³-hybridized carbons (Fsp3) is 0.643. The fourth-order valence-electron chi connectivity index (χ4n) is 2.36. The highest BCUT2D eigenvalue weighted by Gasteiger charge is 2.14. The second kappa shape index (κ2) is 8.56. The van der Waals surface area contributed by atoms with Crippen molar-refractivity contribution < 1.29 is 4.79 Å². The lowest BCUT2D eigenvalue weighted by atomic mass is 9.93. The predicted molar refractivity (Wildman–Crippen MR) is 83.0 cm³/mol. The van der Waals surface area contributed by atoms with Gasteiger partial charge in [0.25, 0.3) is 0 Å². The number of hydrogen-bond donors (Lipinski definition) is 2. The van der Waals surface area contributed by atoms with E-state index in [-0.39, 0.29) is 18.3 Å². The van der Waals surface area contributed by atoms with Gasteiger partial charge in [0.05, 0.1) is 6.54 Å². The van der Waals surface area contributed by atoms with E-state index < -0.39 is 0 Å². The van der Waals surface area contributed by atoms with Gasteiger partial charge in [0.15, 0.2) is 0 Å². The second-order valence-electron chi connectivity index (χ2n) is 5.04. The van der Waals surface area contributed by atoms with Crippen LogP contribution in [-0.4, -0.2) is 19.0 Å². The van der Waals surface area contributed by atoms with Crippen LogP contribution in [0, 0.1) is 12.8 Å². The van der Waals surface area contributed by atoms with Crippen LogP contribution in [0.5, 0.6) is 0 Å². The molecule has 1 aliphatic rings. The monoisotopic (exact) mass is 302 g/mol. The summed E-state index contributed by atoms with van der Waals surface area (Å²) in [7, 11) is 0. The minimum absolute atomic E-state index is 0. The molecule has 0 aromatic carbocycles. The number of piperidine rings is 1. The van der Waals surface area contributed by atoms with Gasteiger partial charge in [-0.2, -0.15) is 0 Å². The Balaban J connectivity index is 0.00000180. The first-order valence-electron chi connectivity index (χ1n) is 6.76. The van der Waals surface area contributed by atoms with Crippen LogP contribution in [0.15, 0.2) is 11.4 Å². The zero-order valence-electron chi connectivity index (χ0n) is 11.4. The van der Waals surface area contributed by atoms with Crippen LogP contribution in [0.1, 0.15) is 36.1 Å². The second-order valence-corrected chi connectivity index (χ2v) is 6.04. The Bertz CT molecular complexity index is 389. The highest BCUT2D eigenvalue weighted by atomic mass is 35.5. The number of aryl methyl sites for hydroxylation is 1. The molecule has 5 heteroatoms. The number of carbonyl (C=O) groups excluding carboxylic acids is 1. The van der Waals surface area contributed by atoms with E-state index in [1.165, 1.54) is 23.3 Å². The number of rotatable bonds is 5. The number of amides is 1. The van der Waals surface area contributed by atoms with Crippen molar-refractivity contribution in [2.45, 2.75) is 39.2 Å². The van der Waals surface area contributed by atoms with Crippen molar-refractivity contribution in [3.05, 3.63) is 21.9 Å². The summed E-state index contributed by atoms with van der Waals surface area (Å²) in [6.07, 6.45) is 4.15. The normalized spacial score (nSPS) is 15.8. The molecule has 0 bridgehead atoms. The van der Waals surface area contributed by atoms with Crippen LogP contribution in [-0.2, 0) is 11.3 Å². The molecule has 2 N–H and O–H groups in total. The van der Waals surface area contributed by atoms with Gasteiger partial charge in [-0.25, -0.2) is 0 Å². The summed E-state index contributed by atoms with van der Waals surface area (Å²) in [5.74, 6) is 0.932. The molecule has 0 atom stereocenters. The third-order valence-electron chi connectivity index (χ3n) is 3.65. The number of nitrogens with one attached hydrogen (secondary N) is 2. The molecular formula is C14H23ClN2OS. The van der Waals surface area contributed by atoms with E-state index >= 15 is 0 Å². The molecule has 19 heavy (non-hydrogen) atoms. The molecule has 1 aromatic rings. The summed E-state index contributed by atoms with van der Waals surface area (Å²) in [6.45, 7) is 5.00. The van der Waals surface area contributed by atoms with E-state index in [1.54, 1.807) is 11.3 Å². The lowest BCUT2D eigenvalue weighted by Crippen LogP contribution is -2.29. The number of carbonyl (C=O) groups is 1. The highest BCUT2D eigenvalue weighted by molar-refractivity contribution is 7.10. The standard InChI is InChI=1S/C14H22N2OS.ClH/c1-11-6-9-18-13(11)10-16-14(17)3-2-12-4-7-15-8-5-12;/h6,9,12,15H,2-5,7-8,10H2,1H3,(H,16,17);1H. The summed E-state index contributed by atoms with van der Waals surface area (Å²) in [5, 5.41) is 8.45. The van der Waals surface area contributed by atoms with Crippen molar-refractivity contribution in [2.75, 3.05) is 13.1 Å². The largest absolute Gasteiger partial charge is 0.351 e. The van der Waals surface area contributed by atoms with Crippen molar-refractivity contribution in [1.29, 1.82) is 0 Å². The molecule has 0 aliphatic carbocycles. The van der Waals surface area contributed by atoms with Crippen LogP contribution >= 0.6 is 23.7 Å². The molecule has 3 nitrogen and oxygen atoms in total. The Morgan fingerprint density at radius 2 is 2.21 bits per heavy atom. The number of halogens is 1. The van der Waals surface area contributed by atoms with E-state index in [0.717, 1.165) is 25.4 Å². The molecular weight excluding hydrogens is 280 g/mol. The van der Waals surface area contributed by atoms with E-state index in [2.05, 4.69) is 29.0 Å². The van der Waals surface area contributed by atoms with E-state index in [9.17, 15) is 4.79 Å². The maximum atomic E-state index is 11.8. The summed E-state index contributed by atoms with van der Waals surface area (Å²) in [4.78, 5) is 13.0. The van der Waals surface area contributed by atoms with Gasteiger partial charge in [-0.1, -0.05) is 0 Å². The molecule has 2 heterocycles. The molecule has 1 aliphatic heterocycles. The van der Waals surface area contributed by atoms with Crippen LogP contribution in [0.3, 0.4) is 0 Å². The predicted octanol–water partition coefficient (Wildman–Crippen LogP) is 2.87. The number of hydrogen-bond acceptors (Lipinski definition) is 3. The quantitative estimate of drug-likeness (QED) is 0.878. The summed E-state index contributed by atoms with van der Waals surface area (Å²) >= 11 is 1.71. The van der Waals surface area contributed by atoms with Crippen LogP contribution in [0.4, 0.5) is 0 Å². The van der Waals surface area contributed by atoms with Gasteiger partial charge in [0.2, 0.25) is 5.91 Å². The third-order valence-corrected chi connectivity index (χ3v) is 4.68. The SMILES string of the molecule is Cc1ccsc1CNC(=O)CCC1CCNCC1.Cl. The Kier molecular flexibility index (Phi) is 7.42. The van der Waals surface area contributed by atoms with Gasteiger partial charge in [0, 0.05) is 11.3 Å². The zero-order chi connectivity index (χ0) is 12.8. The highest BCUT2D eigenvalue weighted by Crippen LogP contribution is 2.18. The molecule has 0 radical (unpaired) electrons. The van der Waals surface area contributed by atoms with E-state index in [4.69, 9.17) is 0 Å². The third kappa shape index (κ3) is 5.51. The zero-order valence-corrected chi connectivity index (χ0v) is 13.0. The Hall–Kier alpha value is -0.580. The smallest absolute Gasteiger partial charge is 0.220 e. The molecule has 108 valence electrons. The van der Waals surface area contributed by atoms with Crippen LogP contribution in [0.25, 0.3) is 0 Å². The fourth-order valence-corrected chi connectivity index (χ4v) is 3.20. The summed E-state index contributed by atoms with van der Waals surface area (Å²) < 4.78 is 0. The van der Waals surface area contributed by atoms with Crippen molar-refractivity contribution in [3.63, 3.8) is 0 Å². The van der Waals surface area contributed by atoms with Crippen LogP contribution < -0.4 is 10.6 Å². The van der Waals surface area contributed by atoms with E-state index in [1.807, 2.05) is 0 Å². The van der Waals surface area contributed by atoms with E-state index in [0.29, 0.717) is 13.0 Å². The van der Waals surface area contributed by atoms with Crippen LogP contribution in [0.2, 0.25) is 0 Å². The lowest BCUT2D eigenvalue weighted by molar-refractivity contribution is -0.121. The number of thiophene rings is 1. The summed E-state index contributed by atoms with van der Waals surface area (Å²) in [5.41, 5.74) is 1.28. The Morgan fingerprint density at radius 1 is 1.47 bits per heavy atom. The average Bonchev–Trinajstić information content (AvgIpc) is 2.81. The van der Waals surface area contributed by atoms with Gasteiger partial charge in [-0.05, 0) is 62.2 Å². The van der Waals surface area contributed by atoms with Gasteiger partial charge in [-0.15, -0.1) is 23.7 Å². The van der Waals surface area contributed by atoms with Gasteiger partial charge in [-0.3, -0.25) is 4.79 Å². The minimum Gasteiger partial charge on any atom is -0.351 e. The van der Waals surface area contributed by atoms with Crippen molar-refractivity contribution in [3.8, 4) is 0 Å². The topological polar surface area (TPSA) is 41.1 Å². The molecule has 0 saturated carbocycles. The maximum Gasteiger partial charge on any atom is 0.220 e. The van der Waals surface area contributed by atoms with Gasteiger partial charge < -0.3 is 10.6 Å². The first-order valence-corrected chi connectivity index (χ1v) is 7.64. The van der Waals surface area contributed by atoms with Gasteiger partial charge in [0.1, 0.15) is 0 Å². The molecule has 0 spiro atoms. The molecule has 0 unspecified atom stereocenters. The molecule has 1 saturated heterocycles. The summed E-state index contributed by atoms with van der Waals surface area (Å²) in [6, 6.07) is 2.10. The first-order chi connectivity index (χ1) is 8.75. The van der Waals surface area contributed by atoms with Crippen molar-refractivity contribution >= 4 is 29.7 Å². The maximum absolute atomic E-state index is 11.8. The first kappa shape index (κ1) is 16.5. The van der Waals surface area contributed by atoms with Crippen molar-refractivity contribution in [1.82, 2.24) is 10.6 Å². The Labute approximate surface area is 125 Å². The Morgan fingerprint density at radius 3 is 2.84 bits per heavy atom. The van der Waals surface area contributed by atoms with Gasteiger partial charge >= 0.3 is 0 Å². The molecule has 2 rings (SSSR count). The molecule has 1 amide bonds. The average molecular weight is 303 g/mol.